The highest BCUT2D eigenvalue weighted by molar-refractivity contribution is 5.69. The van der Waals surface area contributed by atoms with Crippen molar-refractivity contribution < 1.29 is 9.53 Å². The lowest BCUT2D eigenvalue weighted by atomic mass is 9.61. The van der Waals surface area contributed by atoms with E-state index in [-0.39, 0.29) is 5.97 Å². The number of ether oxygens (including phenoxy) is 1. The Morgan fingerprint density at radius 1 is 1.33 bits per heavy atom. The molecule has 0 bridgehead atoms. The summed E-state index contributed by atoms with van der Waals surface area (Å²) in [6, 6.07) is 0. The lowest BCUT2D eigenvalue weighted by Gasteiger charge is -2.46. The molecule has 0 aromatic heterocycles. The summed E-state index contributed by atoms with van der Waals surface area (Å²) in [7, 11) is 0. The van der Waals surface area contributed by atoms with Crippen molar-refractivity contribution in [3.8, 4) is 0 Å². The largest absolute Gasteiger partial charge is 0.466 e. The zero-order valence-electron chi connectivity index (χ0n) is 11.8. The van der Waals surface area contributed by atoms with Crippen LogP contribution in [0.25, 0.3) is 0 Å². The maximum atomic E-state index is 11.6. The molecule has 0 radical (unpaired) electrons. The van der Waals surface area contributed by atoms with Crippen molar-refractivity contribution in [1.29, 1.82) is 0 Å². The lowest BCUT2D eigenvalue weighted by molar-refractivity contribution is -0.145. The van der Waals surface area contributed by atoms with Crippen molar-refractivity contribution in [2.75, 3.05) is 19.7 Å². The van der Waals surface area contributed by atoms with Crippen LogP contribution < -0.4 is 5.32 Å². The molecular formula is C15H27NO2. The van der Waals surface area contributed by atoms with E-state index in [9.17, 15) is 4.79 Å². The third-order valence-electron chi connectivity index (χ3n) is 5.00. The molecule has 3 heteroatoms. The summed E-state index contributed by atoms with van der Waals surface area (Å²) in [5, 5.41) is 3.46. The number of carbonyl (C=O) groups excluding carboxylic acids is 1. The fraction of sp³-hybridized carbons (Fsp3) is 0.933. The quantitative estimate of drug-likeness (QED) is 0.786. The Morgan fingerprint density at radius 2 is 2.06 bits per heavy atom. The van der Waals surface area contributed by atoms with E-state index in [1.165, 1.54) is 45.2 Å². The Labute approximate surface area is 111 Å². The highest BCUT2D eigenvalue weighted by Crippen LogP contribution is 2.48. The van der Waals surface area contributed by atoms with Gasteiger partial charge in [0.05, 0.1) is 6.61 Å². The molecule has 1 spiro atoms. The molecule has 2 atom stereocenters. The first-order chi connectivity index (χ1) is 8.65. The Morgan fingerprint density at radius 3 is 2.67 bits per heavy atom. The fourth-order valence-corrected chi connectivity index (χ4v) is 3.88. The molecule has 0 aromatic carbocycles. The van der Waals surface area contributed by atoms with Gasteiger partial charge in [-0.25, -0.2) is 0 Å². The van der Waals surface area contributed by atoms with Crippen molar-refractivity contribution in [1.82, 2.24) is 5.32 Å². The van der Waals surface area contributed by atoms with Crippen LogP contribution in [0.1, 0.15) is 52.4 Å². The van der Waals surface area contributed by atoms with E-state index in [2.05, 4.69) is 12.2 Å². The van der Waals surface area contributed by atoms with E-state index >= 15 is 0 Å². The molecule has 2 rings (SSSR count). The van der Waals surface area contributed by atoms with Gasteiger partial charge in [-0.3, -0.25) is 4.79 Å². The third kappa shape index (κ3) is 3.25. The molecule has 0 amide bonds. The van der Waals surface area contributed by atoms with Crippen molar-refractivity contribution in [3.05, 3.63) is 0 Å². The van der Waals surface area contributed by atoms with E-state index < -0.39 is 0 Å². The molecule has 1 N–H and O–H groups in total. The highest BCUT2D eigenvalue weighted by atomic mass is 16.5. The maximum Gasteiger partial charge on any atom is 0.306 e. The molecule has 1 saturated heterocycles. The summed E-state index contributed by atoms with van der Waals surface area (Å²) >= 11 is 0. The average Bonchev–Trinajstić information content (AvgIpc) is 2.34. The van der Waals surface area contributed by atoms with Gasteiger partial charge < -0.3 is 10.1 Å². The monoisotopic (exact) mass is 253 g/mol. The SMILES string of the molecule is CCOC(=O)CC1CCC2(CCNCC2)CC1C. The van der Waals surface area contributed by atoms with E-state index in [0.29, 0.717) is 30.3 Å². The minimum Gasteiger partial charge on any atom is -0.466 e. The highest BCUT2D eigenvalue weighted by Gasteiger charge is 2.40. The number of carbonyl (C=O) groups is 1. The number of esters is 1. The van der Waals surface area contributed by atoms with Crippen LogP contribution in [0, 0.1) is 17.3 Å². The van der Waals surface area contributed by atoms with Crippen LogP contribution in [0.15, 0.2) is 0 Å². The zero-order valence-corrected chi connectivity index (χ0v) is 11.8. The normalized spacial score (nSPS) is 31.2. The second-order valence-corrected chi connectivity index (χ2v) is 6.24. The minimum absolute atomic E-state index is 0.00406. The van der Waals surface area contributed by atoms with Crippen LogP contribution in [0.4, 0.5) is 0 Å². The predicted molar refractivity (Wildman–Crippen MR) is 72.3 cm³/mol. The molecule has 3 nitrogen and oxygen atoms in total. The minimum atomic E-state index is -0.00406. The molecule has 1 saturated carbocycles. The van der Waals surface area contributed by atoms with Gasteiger partial charge in [-0.2, -0.15) is 0 Å². The van der Waals surface area contributed by atoms with Gasteiger partial charge >= 0.3 is 5.97 Å². The molecule has 0 aromatic rings. The molecule has 2 aliphatic rings. The second kappa shape index (κ2) is 6.05. The zero-order chi connectivity index (χ0) is 13.0. The Kier molecular flexibility index (Phi) is 4.66. The number of rotatable bonds is 3. The van der Waals surface area contributed by atoms with Crippen molar-refractivity contribution in [2.45, 2.75) is 52.4 Å². The van der Waals surface area contributed by atoms with Crippen LogP contribution in [0.5, 0.6) is 0 Å². The molecular weight excluding hydrogens is 226 g/mol. The van der Waals surface area contributed by atoms with Gasteiger partial charge in [0.1, 0.15) is 0 Å². The van der Waals surface area contributed by atoms with Gasteiger partial charge in [-0.1, -0.05) is 6.92 Å². The van der Waals surface area contributed by atoms with Crippen LogP contribution >= 0.6 is 0 Å². The van der Waals surface area contributed by atoms with Gasteiger partial charge in [-0.05, 0) is 69.4 Å². The molecule has 1 heterocycles. The molecule has 18 heavy (non-hydrogen) atoms. The molecule has 1 aliphatic carbocycles. The first-order valence-electron chi connectivity index (χ1n) is 7.51. The van der Waals surface area contributed by atoms with Gasteiger partial charge in [0, 0.05) is 6.42 Å². The number of hydrogen-bond acceptors (Lipinski definition) is 3. The van der Waals surface area contributed by atoms with Crippen LogP contribution in [-0.4, -0.2) is 25.7 Å². The van der Waals surface area contributed by atoms with Crippen molar-refractivity contribution in [2.24, 2.45) is 17.3 Å². The number of hydrogen-bond donors (Lipinski definition) is 1. The molecule has 1 aliphatic heterocycles. The first kappa shape index (κ1) is 13.9. The summed E-state index contributed by atoms with van der Waals surface area (Å²) in [5.41, 5.74) is 0.579. The summed E-state index contributed by atoms with van der Waals surface area (Å²) in [4.78, 5) is 11.6. The topological polar surface area (TPSA) is 38.3 Å². The molecule has 2 unspecified atom stereocenters. The van der Waals surface area contributed by atoms with Crippen LogP contribution in [0.2, 0.25) is 0 Å². The Hall–Kier alpha value is -0.570. The summed E-state index contributed by atoms with van der Waals surface area (Å²) < 4.78 is 5.08. The Bertz CT molecular complexity index is 284. The predicted octanol–water partition coefficient (Wildman–Crippen LogP) is 2.75. The van der Waals surface area contributed by atoms with Gasteiger partial charge in [0.25, 0.3) is 0 Å². The number of nitrogens with one attached hydrogen (secondary N) is 1. The smallest absolute Gasteiger partial charge is 0.306 e. The van der Waals surface area contributed by atoms with Gasteiger partial charge in [-0.15, -0.1) is 0 Å². The van der Waals surface area contributed by atoms with Crippen LogP contribution in [-0.2, 0) is 9.53 Å². The second-order valence-electron chi connectivity index (χ2n) is 6.24. The third-order valence-corrected chi connectivity index (χ3v) is 5.00. The fourth-order valence-electron chi connectivity index (χ4n) is 3.88. The average molecular weight is 253 g/mol. The molecule has 2 fully saturated rings. The molecule has 104 valence electrons. The standard InChI is InChI=1S/C15H27NO2/c1-3-18-14(17)10-13-4-5-15(11-12(13)2)6-8-16-9-7-15/h12-13,16H,3-11H2,1-2H3. The summed E-state index contributed by atoms with van der Waals surface area (Å²) in [6.07, 6.45) is 7.10. The maximum absolute atomic E-state index is 11.6. The van der Waals surface area contributed by atoms with E-state index in [1.807, 2.05) is 6.92 Å². The van der Waals surface area contributed by atoms with Gasteiger partial charge in [0.2, 0.25) is 0 Å². The first-order valence-corrected chi connectivity index (χ1v) is 7.51. The van der Waals surface area contributed by atoms with E-state index in [4.69, 9.17) is 4.74 Å². The number of piperidine rings is 1. The van der Waals surface area contributed by atoms with E-state index in [1.54, 1.807) is 0 Å². The lowest BCUT2D eigenvalue weighted by Crippen LogP contribution is -2.41. The van der Waals surface area contributed by atoms with E-state index in [0.717, 1.165) is 0 Å². The van der Waals surface area contributed by atoms with Gasteiger partial charge in [0.15, 0.2) is 0 Å². The summed E-state index contributed by atoms with van der Waals surface area (Å²) in [6.45, 7) is 7.07. The van der Waals surface area contributed by atoms with Crippen molar-refractivity contribution in [3.63, 3.8) is 0 Å². The van der Waals surface area contributed by atoms with Crippen LogP contribution in [0.3, 0.4) is 0 Å². The summed E-state index contributed by atoms with van der Waals surface area (Å²) in [5.74, 6) is 1.21. The Balaban J connectivity index is 1.86. The van der Waals surface area contributed by atoms with Crippen molar-refractivity contribution >= 4 is 5.97 Å².